The summed E-state index contributed by atoms with van der Waals surface area (Å²) in [6, 6.07) is 22.7. The van der Waals surface area contributed by atoms with E-state index in [2.05, 4.69) is 47.8 Å². The standard InChI is InChI=1S/C25H21NO3/c27-25-23-21(18-8-3-4-10-20(18)29-25)24-19(9-5-13-28-24)22(26-23)17-12-11-15-6-1-2-7-16(15)14-17/h1-4,6-8,10-12,14,19,22,24,26H,5,9,13H2/t19-,22?,24-/m0/s1. The summed E-state index contributed by atoms with van der Waals surface area (Å²) in [6.45, 7) is 0.722. The Hall–Kier alpha value is -3.11. The molecule has 1 unspecified atom stereocenters. The van der Waals surface area contributed by atoms with Gasteiger partial charge in [-0.3, -0.25) is 0 Å². The molecule has 0 saturated carbocycles. The number of ether oxygens (including phenoxy) is 1. The van der Waals surface area contributed by atoms with Gasteiger partial charge in [-0.1, -0.05) is 54.6 Å². The molecule has 2 aliphatic rings. The number of hydrogen-bond acceptors (Lipinski definition) is 4. The molecular formula is C25H21NO3. The van der Waals surface area contributed by atoms with E-state index in [-0.39, 0.29) is 23.7 Å². The average molecular weight is 383 g/mol. The van der Waals surface area contributed by atoms with E-state index in [1.807, 2.05) is 24.3 Å². The second-order valence-electron chi connectivity index (χ2n) is 8.00. The van der Waals surface area contributed by atoms with Crippen LogP contribution >= 0.6 is 0 Å². The number of nitrogens with one attached hydrogen (secondary N) is 1. The molecule has 144 valence electrons. The second kappa shape index (κ2) is 6.46. The molecule has 3 aromatic carbocycles. The van der Waals surface area contributed by atoms with Gasteiger partial charge >= 0.3 is 5.63 Å². The first-order valence-corrected chi connectivity index (χ1v) is 10.2. The Balaban J connectivity index is 1.55. The van der Waals surface area contributed by atoms with Crippen molar-refractivity contribution in [2.45, 2.75) is 25.0 Å². The fourth-order valence-corrected chi connectivity index (χ4v) is 5.04. The van der Waals surface area contributed by atoms with Crippen molar-refractivity contribution in [3.8, 4) is 0 Å². The van der Waals surface area contributed by atoms with Crippen molar-refractivity contribution in [2.24, 2.45) is 5.92 Å². The summed E-state index contributed by atoms with van der Waals surface area (Å²) in [4.78, 5) is 12.9. The summed E-state index contributed by atoms with van der Waals surface area (Å²) in [5.74, 6) is 0.266. The maximum atomic E-state index is 12.9. The minimum atomic E-state index is -0.322. The van der Waals surface area contributed by atoms with Crippen LogP contribution in [0.3, 0.4) is 0 Å². The monoisotopic (exact) mass is 383 g/mol. The van der Waals surface area contributed by atoms with Gasteiger partial charge in [0.05, 0.1) is 12.1 Å². The Morgan fingerprint density at radius 2 is 1.76 bits per heavy atom. The highest BCUT2D eigenvalue weighted by atomic mass is 16.5. The van der Waals surface area contributed by atoms with Crippen molar-refractivity contribution >= 4 is 27.4 Å². The fourth-order valence-electron chi connectivity index (χ4n) is 5.04. The third-order valence-electron chi connectivity index (χ3n) is 6.37. The third kappa shape index (κ3) is 2.60. The molecule has 6 rings (SSSR count). The van der Waals surface area contributed by atoms with Gasteiger partial charge in [0.25, 0.3) is 0 Å². The van der Waals surface area contributed by atoms with Gasteiger partial charge in [0.1, 0.15) is 11.3 Å². The van der Waals surface area contributed by atoms with Gasteiger partial charge in [-0.15, -0.1) is 0 Å². The van der Waals surface area contributed by atoms with E-state index in [1.54, 1.807) is 0 Å². The van der Waals surface area contributed by atoms with Gasteiger partial charge < -0.3 is 14.5 Å². The van der Waals surface area contributed by atoms with Crippen LogP contribution in [0.4, 0.5) is 5.69 Å². The molecule has 4 nitrogen and oxygen atoms in total. The van der Waals surface area contributed by atoms with Crippen LogP contribution in [0.5, 0.6) is 0 Å². The zero-order valence-corrected chi connectivity index (χ0v) is 15.9. The second-order valence-corrected chi connectivity index (χ2v) is 8.00. The molecule has 0 amide bonds. The van der Waals surface area contributed by atoms with E-state index < -0.39 is 0 Å². The zero-order chi connectivity index (χ0) is 19.4. The van der Waals surface area contributed by atoms with E-state index in [9.17, 15) is 4.79 Å². The van der Waals surface area contributed by atoms with Gasteiger partial charge in [-0.25, -0.2) is 4.79 Å². The minimum Gasteiger partial charge on any atom is -0.421 e. The number of benzene rings is 3. The van der Waals surface area contributed by atoms with Crippen LogP contribution in [0.1, 0.15) is 36.1 Å². The normalized spacial score (nSPS) is 23.4. The molecule has 0 bridgehead atoms. The topological polar surface area (TPSA) is 51.5 Å². The zero-order valence-electron chi connectivity index (χ0n) is 15.9. The maximum Gasteiger partial charge on any atom is 0.360 e. The van der Waals surface area contributed by atoms with Crippen LogP contribution in [0.25, 0.3) is 21.7 Å². The Bertz CT molecular complexity index is 1290. The number of para-hydroxylation sites is 1. The largest absolute Gasteiger partial charge is 0.421 e. The van der Waals surface area contributed by atoms with Gasteiger partial charge in [0.15, 0.2) is 0 Å². The Morgan fingerprint density at radius 1 is 0.931 bits per heavy atom. The van der Waals surface area contributed by atoms with E-state index >= 15 is 0 Å². The lowest BCUT2D eigenvalue weighted by molar-refractivity contribution is -0.0375. The summed E-state index contributed by atoms with van der Waals surface area (Å²) < 4.78 is 11.9. The first-order valence-electron chi connectivity index (χ1n) is 10.2. The first-order chi connectivity index (χ1) is 14.3. The maximum absolute atomic E-state index is 12.9. The molecule has 0 radical (unpaired) electrons. The highest BCUT2D eigenvalue weighted by Gasteiger charge is 2.42. The molecule has 1 aromatic heterocycles. The predicted octanol–water partition coefficient (Wildman–Crippen LogP) is 5.58. The van der Waals surface area contributed by atoms with Crippen LogP contribution in [-0.2, 0) is 4.74 Å². The van der Waals surface area contributed by atoms with Gasteiger partial charge in [0, 0.05) is 23.5 Å². The summed E-state index contributed by atoms with van der Waals surface area (Å²) in [7, 11) is 0. The summed E-state index contributed by atoms with van der Waals surface area (Å²) in [5, 5.41) is 6.93. The Kier molecular flexibility index (Phi) is 3.74. The number of anilines is 1. The average Bonchev–Trinajstić information content (AvgIpc) is 2.78. The molecular weight excluding hydrogens is 362 g/mol. The van der Waals surface area contributed by atoms with Crippen LogP contribution in [0, 0.1) is 5.92 Å². The molecule has 4 aromatic rings. The van der Waals surface area contributed by atoms with Gasteiger partial charge in [-0.05, 0) is 41.3 Å². The van der Waals surface area contributed by atoms with Crippen LogP contribution < -0.4 is 10.9 Å². The molecule has 3 atom stereocenters. The third-order valence-corrected chi connectivity index (χ3v) is 6.37. The van der Waals surface area contributed by atoms with Crippen molar-refractivity contribution in [3.05, 3.63) is 88.3 Å². The highest BCUT2D eigenvalue weighted by molar-refractivity contribution is 5.86. The van der Waals surface area contributed by atoms with Crippen molar-refractivity contribution in [1.82, 2.24) is 0 Å². The van der Waals surface area contributed by atoms with Gasteiger partial charge in [-0.2, -0.15) is 0 Å². The summed E-state index contributed by atoms with van der Waals surface area (Å²) >= 11 is 0. The summed E-state index contributed by atoms with van der Waals surface area (Å²) in [5.41, 5.74) is 2.98. The lowest BCUT2D eigenvalue weighted by Gasteiger charge is -2.43. The molecule has 0 aliphatic carbocycles. The minimum absolute atomic E-state index is 0.0152. The Morgan fingerprint density at radius 3 is 2.69 bits per heavy atom. The summed E-state index contributed by atoms with van der Waals surface area (Å²) in [6.07, 6.45) is 1.98. The molecule has 1 N–H and O–H groups in total. The van der Waals surface area contributed by atoms with Crippen molar-refractivity contribution in [1.29, 1.82) is 0 Å². The number of fused-ring (bicyclic) bond motifs is 6. The van der Waals surface area contributed by atoms with Crippen LogP contribution in [0.15, 0.2) is 75.9 Å². The first kappa shape index (κ1) is 16.8. The predicted molar refractivity (Wildman–Crippen MR) is 114 cm³/mol. The van der Waals surface area contributed by atoms with E-state index in [0.717, 1.165) is 30.4 Å². The molecule has 29 heavy (non-hydrogen) atoms. The van der Waals surface area contributed by atoms with Crippen LogP contribution in [-0.4, -0.2) is 6.61 Å². The fraction of sp³-hybridized carbons (Fsp3) is 0.240. The van der Waals surface area contributed by atoms with Gasteiger partial charge in [0.2, 0.25) is 0 Å². The highest BCUT2D eigenvalue weighted by Crippen LogP contribution is 2.50. The molecule has 0 spiro atoms. The SMILES string of the molecule is O=c1oc2ccccc2c2c1NC(c1ccc3ccccc3c1)[C@@H]1CCCO[C@H]21. The van der Waals surface area contributed by atoms with E-state index in [0.29, 0.717) is 11.3 Å². The molecule has 1 fully saturated rings. The molecule has 1 saturated heterocycles. The lowest BCUT2D eigenvalue weighted by Crippen LogP contribution is -2.38. The smallest absolute Gasteiger partial charge is 0.360 e. The van der Waals surface area contributed by atoms with Crippen molar-refractivity contribution in [2.75, 3.05) is 11.9 Å². The Labute approximate surface area is 168 Å². The molecule has 3 heterocycles. The van der Waals surface area contributed by atoms with Crippen molar-refractivity contribution in [3.63, 3.8) is 0 Å². The van der Waals surface area contributed by atoms with E-state index in [1.165, 1.54) is 16.3 Å². The number of rotatable bonds is 1. The number of hydrogen-bond donors (Lipinski definition) is 1. The van der Waals surface area contributed by atoms with Crippen molar-refractivity contribution < 1.29 is 9.15 Å². The lowest BCUT2D eigenvalue weighted by atomic mass is 9.77. The molecule has 4 heteroatoms. The molecule has 2 aliphatic heterocycles. The quantitative estimate of drug-likeness (QED) is 0.436. The van der Waals surface area contributed by atoms with E-state index in [4.69, 9.17) is 9.15 Å². The van der Waals surface area contributed by atoms with Crippen LogP contribution in [0.2, 0.25) is 0 Å².